The molecule has 1 saturated carbocycles. The molecule has 3 rings (SSSR count). The van der Waals surface area contributed by atoms with Gasteiger partial charge in [0, 0.05) is 17.3 Å². The quantitative estimate of drug-likeness (QED) is 0.844. The van der Waals surface area contributed by atoms with E-state index < -0.39 is 11.5 Å². The van der Waals surface area contributed by atoms with Crippen molar-refractivity contribution in [2.75, 3.05) is 7.11 Å². The van der Waals surface area contributed by atoms with Crippen LogP contribution in [0, 0.1) is 0 Å². The van der Waals surface area contributed by atoms with Crippen molar-refractivity contribution in [2.45, 2.75) is 31.2 Å². The molecule has 0 atom stereocenters. The summed E-state index contributed by atoms with van der Waals surface area (Å²) < 4.78 is 5.37. The minimum atomic E-state index is -0.899. The Morgan fingerprint density at radius 3 is 2.64 bits per heavy atom. The molecule has 2 aromatic rings. The van der Waals surface area contributed by atoms with Crippen molar-refractivity contribution in [1.82, 2.24) is 10.3 Å². The fourth-order valence-electron chi connectivity index (χ4n) is 3.12. The average molecular weight is 340 g/mol. The Morgan fingerprint density at radius 1 is 1.28 bits per heavy atom. The number of ether oxygens (including phenoxy) is 1. The molecule has 1 fully saturated rings. The molecular formula is C19H20N2O4. The van der Waals surface area contributed by atoms with E-state index >= 15 is 0 Å². The van der Waals surface area contributed by atoms with Crippen molar-refractivity contribution in [2.24, 2.45) is 0 Å². The molecule has 6 nitrogen and oxygen atoms in total. The average Bonchev–Trinajstić information content (AvgIpc) is 2.59. The van der Waals surface area contributed by atoms with Gasteiger partial charge in [-0.25, -0.2) is 0 Å². The summed E-state index contributed by atoms with van der Waals surface area (Å²) in [7, 11) is 1.57. The first-order valence-electron chi connectivity index (χ1n) is 8.17. The van der Waals surface area contributed by atoms with E-state index in [1.54, 1.807) is 31.5 Å². The lowest BCUT2D eigenvalue weighted by molar-refractivity contribution is -0.139. The lowest BCUT2D eigenvalue weighted by atomic mass is 9.74. The Bertz CT molecular complexity index is 785. The van der Waals surface area contributed by atoms with Crippen LogP contribution in [0.4, 0.5) is 0 Å². The van der Waals surface area contributed by atoms with Gasteiger partial charge in [0.05, 0.1) is 24.8 Å². The summed E-state index contributed by atoms with van der Waals surface area (Å²) in [5, 5.41) is 12.0. The zero-order chi connectivity index (χ0) is 17.9. The molecule has 0 aliphatic heterocycles. The van der Waals surface area contributed by atoms with E-state index in [0.717, 1.165) is 12.0 Å². The monoisotopic (exact) mass is 340 g/mol. The Balaban J connectivity index is 1.87. The summed E-state index contributed by atoms with van der Waals surface area (Å²) in [6.07, 6.45) is 3.93. The second kappa shape index (κ2) is 6.93. The van der Waals surface area contributed by atoms with Gasteiger partial charge in [0.1, 0.15) is 5.75 Å². The molecule has 0 bridgehead atoms. The van der Waals surface area contributed by atoms with Crippen molar-refractivity contribution in [3.63, 3.8) is 0 Å². The normalized spacial score (nSPS) is 15.1. The van der Waals surface area contributed by atoms with Gasteiger partial charge in [0.25, 0.3) is 5.91 Å². The summed E-state index contributed by atoms with van der Waals surface area (Å²) >= 11 is 0. The van der Waals surface area contributed by atoms with E-state index in [1.807, 2.05) is 18.2 Å². The highest BCUT2D eigenvalue weighted by Gasteiger charge is 2.40. The number of aromatic nitrogens is 1. The second-order valence-electron chi connectivity index (χ2n) is 6.29. The largest absolute Gasteiger partial charge is 0.496 e. The van der Waals surface area contributed by atoms with E-state index in [9.17, 15) is 9.59 Å². The number of nitrogens with zero attached hydrogens (tertiary/aromatic N) is 1. The molecule has 6 heteroatoms. The number of pyridine rings is 1. The van der Waals surface area contributed by atoms with Crippen LogP contribution in [0.3, 0.4) is 0 Å². The van der Waals surface area contributed by atoms with Gasteiger partial charge in [-0.1, -0.05) is 6.07 Å². The Kier molecular flexibility index (Phi) is 4.70. The summed E-state index contributed by atoms with van der Waals surface area (Å²) in [6, 6.07) is 10.7. The Labute approximate surface area is 145 Å². The Hall–Kier alpha value is -2.89. The smallest absolute Gasteiger partial charge is 0.305 e. The predicted octanol–water partition coefficient (Wildman–Crippen LogP) is 2.88. The van der Waals surface area contributed by atoms with Crippen LogP contribution in [0.15, 0.2) is 42.6 Å². The molecular weight excluding hydrogens is 320 g/mol. The highest BCUT2D eigenvalue weighted by molar-refractivity contribution is 5.96. The van der Waals surface area contributed by atoms with Gasteiger partial charge in [-0.15, -0.1) is 0 Å². The lowest BCUT2D eigenvalue weighted by Gasteiger charge is -2.41. The predicted molar refractivity (Wildman–Crippen MR) is 92.5 cm³/mol. The summed E-state index contributed by atoms with van der Waals surface area (Å²) in [5.41, 5.74) is 1.25. The molecule has 1 heterocycles. The van der Waals surface area contributed by atoms with Gasteiger partial charge in [-0.3, -0.25) is 14.6 Å². The number of aliphatic carboxylic acids is 1. The third-order valence-electron chi connectivity index (χ3n) is 4.58. The summed E-state index contributed by atoms with van der Waals surface area (Å²) in [4.78, 5) is 28.0. The van der Waals surface area contributed by atoms with Crippen LogP contribution in [0.25, 0.3) is 11.3 Å². The van der Waals surface area contributed by atoms with Gasteiger partial charge in [-0.05, 0) is 49.6 Å². The van der Waals surface area contributed by atoms with E-state index in [0.29, 0.717) is 29.8 Å². The van der Waals surface area contributed by atoms with E-state index in [-0.39, 0.29) is 12.3 Å². The minimum absolute atomic E-state index is 0.0536. The van der Waals surface area contributed by atoms with E-state index in [4.69, 9.17) is 9.84 Å². The molecule has 0 radical (unpaired) electrons. The molecule has 1 aliphatic carbocycles. The van der Waals surface area contributed by atoms with Crippen LogP contribution in [0.5, 0.6) is 5.75 Å². The first-order chi connectivity index (χ1) is 12.0. The van der Waals surface area contributed by atoms with E-state index in [1.165, 1.54) is 0 Å². The maximum atomic E-state index is 12.7. The van der Waals surface area contributed by atoms with E-state index in [2.05, 4.69) is 10.3 Å². The van der Waals surface area contributed by atoms with Crippen LogP contribution >= 0.6 is 0 Å². The third-order valence-corrected chi connectivity index (χ3v) is 4.58. The SMILES string of the molecule is COc1ccc(C(=O)NC2(CC(=O)O)CCC2)cc1-c1ccccn1. The number of hydrogen-bond donors (Lipinski definition) is 2. The zero-order valence-corrected chi connectivity index (χ0v) is 14.0. The number of nitrogens with one attached hydrogen (secondary N) is 1. The van der Waals surface area contributed by atoms with Gasteiger partial charge in [-0.2, -0.15) is 0 Å². The number of rotatable bonds is 6. The maximum absolute atomic E-state index is 12.7. The first-order valence-corrected chi connectivity index (χ1v) is 8.17. The summed E-state index contributed by atoms with van der Waals surface area (Å²) in [5.74, 6) is -0.552. The van der Waals surface area contributed by atoms with Gasteiger partial charge >= 0.3 is 5.97 Å². The van der Waals surface area contributed by atoms with Crippen LogP contribution < -0.4 is 10.1 Å². The highest BCUT2D eigenvalue weighted by Crippen LogP contribution is 2.36. The zero-order valence-electron chi connectivity index (χ0n) is 14.0. The van der Waals surface area contributed by atoms with Gasteiger partial charge < -0.3 is 15.2 Å². The number of methoxy groups -OCH3 is 1. The Morgan fingerprint density at radius 2 is 2.08 bits per heavy atom. The van der Waals surface area contributed by atoms with Crippen molar-refractivity contribution >= 4 is 11.9 Å². The van der Waals surface area contributed by atoms with Crippen LogP contribution in [0.2, 0.25) is 0 Å². The van der Waals surface area contributed by atoms with Crippen LogP contribution in [-0.2, 0) is 4.79 Å². The number of benzene rings is 1. The molecule has 1 aromatic heterocycles. The standard InChI is InChI=1S/C19H20N2O4/c1-25-16-7-6-13(11-14(16)15-5-2-3-10-20-15)18(24)21-19(8-4-9-19)12-17(22)23/h2-3,5-7,10-11H,4,8-9,12H2,1H3,(H,21,24)(H,22,23). The first kappa shape index (κ1) is 17.0. The topological polar surface area (TPSA) is 88.5 Å². The number of hydrogen-bond acceptors (Lipinski definition) is 4. The van der Waals surface area contributed by atoms with Crippen molar-refractivity contribution < 1.29 is 19.4 Å². The molecule has 0 unspecified atom stereocenters. The van der Waals surface area contributed by atoms with Crippen molar-refractivity contribution in [3.05, 3.63) is 48.2 Å². The van der Waals surface area contributed by atoms with Crippen LogP contribution in [-0.4, -0.2) is 34.6 Å². The molecule has 2 N–H and O–H groups in total. The number of carbonyl (C=O) groups is 2. The molecule has 1 amide bonds. The minimum Gasteiger partial charge on any atom is -0.496 e. The van der Waals surface area contributed by atoms with Crippen LogP contribution in [0.1, 0.15) is 36.0 Å². The second-order valence-corrected chi connectivity index (χ2v) is 6.29. The molecule has 1 aromatic carbocycles. The number of carboxylic acids is 1. The fraction of sp³-hybridized carbons (Fsp3) is 0.316. The fourth-order valence-corrected chi connectivity index (χ4v) is 3.12. The molecule has 130 valence electrons. The molecule has 0 spiro atoms. The molecule has 0 saturated heterocycles. The number of amides is 1. The third kappa shape index (κ3) is 3.63. The maximum Gasteiger partial charge on any atom is 0.305 e. The van der Waals surface area contributed by atoms with Gasteiger partial charge in [0.2, 0.25) is 0 Å². The number of carbonyl (C=O) groups excluding carboxylic acids is 1. The van der Waals surface area contributed by atoms with Crippen molar-refractivity contribution in [3.8, 4) is 17.0 Å². The molecule has 25 heavy (non-hydrogen) atoms. The van der Waals surface area contributed by atoms with Gasteiger partial charge in [0.15, 0.2) is 0 Å². The lowest BCUT2D eigenvalue weighted by Crippen LogP contribution is -2.54. The van der Waals surface area contributed by atoms with Crippen molar-refractivity contribution in [1.29, 1.82) is 0 Å². The molecule has 1 aliphatic rings. The number of carboxylic acid groups (broad SMARTS) is 1. The highest BCUT2D eigenvalue weighted by atomic mass is 16.5. The summed E-state index contributed by atoms with van der Waals surface area (Å²) in [6.45, 7) is 0.